The highest BCUT2D eigenvalue weighted by molar-refractivity contribution is 5.89. The normalized spacial score (nSPS) is 11.2. The Morgan fingerprint density at radius 3 is 2.31 bits per heavy atom. The van der Waals surface area contributed by atoms with Crippen LogP contribution >= 0.6 is 0 Å². The molecule has 16 heavy (non-hydrogen) atoms. The number of halogens is 4. The summed E-state index contributed by atoms with van der Waals surface area (Å²) in [5.74, 6) is -2.72. The third kappa shape index (κ3) is 2.39. The highest BCUT2D eigenvalue weighted by atomic mass is 19.4. The zero-order chi connectivity index (χ0) is 12.5. The van der Waals surface area contributed by atoms with Gasteiger partial charge in [-0.3, -0.25) is 0 Å². The van der Waals surface area contributed by atoms with Gasteiger partial charge in [0.15, 0.2) is 0 Å². The first kappa shape index (κ1) is 12.2. The summed E-state index contributed by atoms with van der Waals surface area (Å²) in [5.41, 5.74) is -2.50. The Morgan fingerprint density at radius 2 is 1.88 bits per heavy atom. The monoisotopic (exact) mass is 234 g/mol. The van der Waals surface area contributed by atoms with Crippen molar-refractivity contribution in [3.63, 3.8) is 0 Å². The Morgan fingerprint density at radius 1 is 1.31 bits per heavy atom. The molecule has 6 heteroatoms. The summed E-state index contributed by atoms with van der Waals surface area (Å²) in [5, 5.41) is 8.52. The fraction of sp³-hybridized carbons (Fsp3) is 0.100. The Balaban J connectivity index is 3.24. The van der Waals surface area contributed by atoms with E-state index in [0.29, 0.717) is 12.1 Å². The summed E-state index contributed by atoms with van der Waals surface area (Å²) in [6, 6.07) is 2.10. The van der Waals surface area contributed by atoms with E-state index in [0.717, 1.165) is 6.07 Å². The second kappa shape index (κ2) is 3.96. The zero-order valence-electron chi connectivity index (χ0n) is 7.81. The van der Waals surface area contributed by atoms with Gasteiger partial charge in [-0.1, -0.05) is 12.6 Å². The van der Waals surface area contributed by atoms with E-state index in [1.165, 1.54) is 0 Å². The Hall–Kier alpha value is -1.85. The van der Waals surface area contributed by atoms with Crippen LogP contribution in [0.2, 0.25) is 0 Å². The molecule has 0 saturated carbocycles. The largest absolute Gasteiger partial charge is 0.478 e. The van der Waals surface area contributed by atoms with Crippen molar-refractivity contribution in [2.24, 2.45) is 0 Å². The van der Waals surface area contributed by atoms with E-state index in [4.69, 9.17) is 5.11 Å². The Labute approximate surface area is 87.8 Å². The van der Waals surface area contributed by atoms with Crippen LogP contribution in [0.25, 0.3) is 5.57 Å². The van der Waals surface area contributed by atoms with Gasteiger partial charge in [-0.2, -0.15) is 13.2 Å². The van der Waals surface area contributed by atoms with Gasteiger partial charge in [0.05, 0.1) is 11.1 Å². The maximum absolute atomic E-state index is 12.9. The van der Waals surface area contributed by atoms with E-state index >= 15 is 0 Å². The van der Waals surface area contributed by atoms with Crippen molar-refractivity contribution in [3.8, 4) is 0 Å². The number of hydrogen-bond donors (Lipinski definition) is 1. The number of hydrogen-bond acceptors (Lipinski definition) is 1. The predicted octanol–water partition coefficient (Wildman–Crippen LogP) is 3.10. The molecule has 0 fully saturated rings. The van der Waals surface area contributed by atoms with Crippen LogP contribution in [0.3, 0.4) is 0 Å². The molecule has 0 radical (unpaired) electrons. The maximum Gasteiger partial charge on any atom is 0.416 e. The van der Waals surface area contributed by atoms with E-state index in [9.17, 15) is 22.4 Å². The van der Waals surface area contributed by atoms with Gasteiger partial charge in [-0.25, -0.2) is 9.18 Å². The molecule has 1 rings (SSSR count). The van der Waals surface area contributed by atoms with E-state index in [1.807, 2.05) is 0 Å². The molecule has 0 aliphatic carbocycles. The summed E-state index contributed by atoms with van der Waals surface area (Å²) in [6.07, 6.45) is -4.67. The molecular formula is C10H6F4O2. The van der Waals surface area contributed by atoms with Crippen LogP contribution < -0.4 is 0 Å². The molecule has 0 unspecified atom stereocenters. The van der Waals surface area contributed by atoms with Crippen LogP contribution in [0, 0.1) is 5.82 Å². The summed E-state index contributed by atoms with van der Waals surface area (Å²) in [6.45, 7) is 2.79. The lowest BCUT2D eigenvalue weighted by Gasteiger charge is -2.10. The van der Waals surface area contributed by atoms with Crippen molar-refractivity contribution >= 4 is 11.5 Å². The summed E-state index contributed by atoms with van der Waals surface area (Å²) in [7, 11) is 0. The lowest BCUT2D eigenvalue weighted by atomic mass is 10.0. The topological polar surface area (TPSA) is 37.3 Å². The molecule has 0 atom stereocenters. The van der Waals surface area contributed by atoms with Crippen molar-refractivity contribution in [2.45, 2.75) is 6.18 Å². The molecule has 0 spiro atoms. The molecule has 0 amide bonds. The summed E-state index contributed by atoms with van der Waals surface area (Å²) in [4.78, 5) is 10.5. The van der Waals surface area contributed by atoms with E-state index in [1.54, 1.807) is 0 Å². The standard InChI is InChI=1S/C10H6F4O2/c1-5(10(12,13)14)6-2-3-8(11)7(4-6)9(15)16/h2-4H,1H2,(H,15,16). The fourth-order valence-electron chi connectivity index (χ4n) is 1.04. The predicted molar refractivity (Wildman–Crippen MR) is 48.4 cm³/mol. The van der Waals surface area contributed by atoms with Crippen molar-refractivity contribution in [1.29, 1.82) is 0 Å². The van der Waals surface area contributed by atoms with Crippen LogP contribution in [0.4, 0.5) is 17.6 Å². The van der Waals surface area contributed by atoms with Gasteiger partial charge in [0.2, 0.25) is 0 Å². The van der Waals surface area contributed by atoms with E-state index in [-0.39, 0.29) is 0 Å². The second-order valence-corrected chi connectivity index (χ2v) is 2.98. The molecular weight excluding hydrogens is 228 g/mol. The minimum absolute atomic E-state index is 0.466. The SMILES string of the molecule is C=C(c1ccc(F)c(C(=O)O)c1)C(F)(F)F. The van der Waals surface area contributed by atoms with Crippen LogP contribution in [-0.2, 0) is 0 Å². The van der Waals surface area contributed by atoms with Gasteiger partial charge in [0.1, 0.15) is 5.82 Å². The van der Waals surface area contributed by atoms with Crippen LogP contribution in [0.15, 0.2) is 24.8 Å². The van der Waals surface area contributed by atoms with E-state index in [2.05, 4.69) is 6.58 Å². The van der Waals surface area contributed by atoms with Crippen molar-refractivity contribution < 1.29 is 27.5 Å². The smallest absolute Gasteiger partial charge is 0.416 e. The molecule has 1 aromatic carbocycles. The van der Waals surface area contributed by atoms with Crippen molar-refractivity contribution in [3.05, 3.63) is 41.7 Å². The minimum atomic E-state index is -4.67. The number of aromatic carboxylic acids is 1. The minimum Gasteiger partial charge on any atom is -0.478 e. The summed E-state index contributed by atoms with van der Waals surface area (Å²) < 4.78 is 49.6. The average Bonchev–Trinajstić information content (AvgIpc) is 2.15. The van der Waals surface area contributed by atoms with Gasteiger partial charge in [-0.15, -0.1) is 0 Å². The average molecular weight is 234 g/mol. The number of carboxylic acid groups (broad SMARTS) is 1. The Kier molecular flexibility index (Phi) is 3.02. The quantitative estimate of drug-likeness (QED) is 0.798. The first-order valence-electron chi connectivity index (χ1n) is 4.03. The van der Waals surface area contributed by atoms with Crippen LogP contribution in [-0.4, -0.2) is 17.3 Å². The lowest BCUT2D eigenvalue weighted by molar-refractivity contribution is -0.0686. The third-order valence-corrected chi connectivity index (χ3v) is 1.89. The van der Waals surface area contributed by atoms with Gasteiger partial charge in [-0.05, 0) is 17.7 Å². The third-order valence-electron chi connectivity index (χ3n) is 1.89. The van der Waals surface area contributed by atoms with Crippen molar-refractivity contribution in [1.82, 2.24) is 0 Å². The number of carbonyl (C=O) groups is 1. The van der Waals surface area contributed by atoms with Gasteiger partial charge in [0, 0.05) is 0 Å². The van der Waals surface area contributed by atoms with Gasteiger partial charge >= 0.3 is 12.1 Å². The van der Waals surface area contributed by atoms with Crippen molar-refractivity contribution in [2.75, 3.05) is 0 Å². The lowest BCUT2D eigenvalue weighted by Crippen LogP contribution is -2.11. The maximum atomic E-state index is 12.9. The number of benzene rings is 1. The molecule has 2 nitrogen and oxygen atoms in total. The highest BCUT2D eigenvalue weighted by Gasteiger charge is 2.33. The molecule has 1 N–H and O–H groups in total. The number of allylic oxidation sites excluding steroid dienone is 1. The zero-order valence-corrected chi connectivity index (χ0v) is 7.81. The first-order chi connectivity index (χ1) is 7.23. The number of carboxylic acids is 1. The number of rotatable bonds is 2. The van der Waals surface area contributed by atoms with Crippen LogP contribution in [0.1, 0.15) is 15.9 Å². The molecule has 0 aliphatic heterocycles. The molecule has 86 valence electrons. The van der Waals surface area contributed by atoms with Crippen LogP contribution in [0.5, 0.6) is 0 Å². The van der Waals surface area contributed by atoms with Gasteiger partial charge < -0.3 is 5.11 Å². The number of alkyl halides is 3. The first-order valence-corrected chi connectivity index (χ1v) is 4.03. The molecule has 1 aromatic rings. The molecule has 0 saturated heterocycles. The molecule has 0 heterocycles. The van der Waals surface area contributed by atoms with Gasteiger partial charge in [0.25, 0.3) is 0 Å². The molecule has 0 aliphatic rings. The molecule has 0 bridgehead atoms. The fourth-order valence-corrected chi connectivity index (χ4v) is 1.04. The molecule has 0 aromatic heterocycles. The summed E-state index contributed by atoms with van der Waals surface area (Å²) >= 11 is 0. The Bertz CT molecular complexity index is 449. The highest BCUT2D eigenvalue weighted by Crippen LogP contribution is 2.32. The van der Waals surface area contributed by atoms with E-state index < -0.39 is 34.7 Å². The second-order valence-electron chi connectivity index (χ2n) is 2.98.